The molecule has 0 aliphatic rings. The minimum atomic E-state index is -0.952. The maximum atomic E-state index is 12.4. The summed E-state index contributed by atoms with van der Waals surface area (Å²) in [5.41, 5.74) is -2.82. The third-order valence-electron chi connectivity index (χ3n) is 4.31. The van der Waals surface area contributed by atoms with E-state index in [0.717, 1.165) is 6.42 Å². The second-order valence-electron chi connectivity index (χ2n) is 6.99. The van der Waals surface area contributed by atoms with E-state index in [1.165, 1.54) is 0 Å². The molecule has 164 valence electrons. The number of aromatic nitrogens is 3. The molecule has 0 bridgehead atoms. The van der Waals surface area contributed by atoms with Gasteiger partial charge in [-0.05, 0) is 5.92 Å². The van der Waals surface area contributed by atoms with Gasteiger partial charge in [0.2, 0.25) is 0 Å². The standard InChI is InChI=1S/C18H29N3O8/c1-4-12(2)10-28-14(23)5-7-20-16(25)19-17(26)21(18(20)27)8-6-15(24)29-11-13(3)9-22/h12-13,22H,4-11H2,1-3H3,(H,19,25,26). The van der Waals surface area contributed by atoms with Crippen LogP contribution in [0, 0.1) is 11.8 Å². The molecule has 29 heavy (non-hydrogen) atoms. The van der Waals surface area contributed by atoms with Crippen LogP contribution in [-0.2, 0) is 32.2 Å². The SMILES string of the molecule is CCC(C)COC(=O)CCn1c(=O)[nH]c(=O)n(CCC(=O)OCC(C)CO)c1=O. The molecule has 1 rings (SSSR count). The predicted molar refractivity (Wildman–Crippen MR) is 102 cm³/mol. The van der Waals surface area contributed by atoms with Gasteiger partial charge in [-0.15, -0.1) is 0 Å². The summed E-state index contributed by atoms with van der Waals surface area (Å²) in [6.07, 6.45) is 0.369. The van der Waals surface area contributed by atoms with Crippen LogP contribution in [0.1, 0.15) is 40.0 Å². The van der Waals surface area contributed by atoms with Crippen LogP contribution < -0.4 is 17.1 Å². The predicted octanol–water partition coefficient (Wildman–Crippen LogP) is -0.761. The zero-order valence-corrected chi connectivity index (χ0v) is 17.0. The quantitative estimate of drug-likeness (QED) is 0.423. The fourth-order valence-corrected chi connectivity index (χ4v) is 2.13. The van der Waals surface area contributed by atoms with Crippen molar-refractivity contribution < 1.29 is 24.2 Å². The number of aliphatic hydroxyl groups excluding tert-OH is 1. The average Bonchev–Trinajstić information content (AvgIpc) is 2.69. The largest absolute Gasteiger partial charge is 0.465 e. The highest BCUT2D eigenvalue weighted by atomic mass is 16.5. The van der Waals surface area contributed by atoms with Crippen molar-refractivity contribution in [2.75, 3.05) is 19.8 Å². The Labute approximate surface area is 167 Å². The van der Waals surface area contributed by atoms with Crippen LogP contribution in [-0.4, -0.2) is 51.0 Å². The lowest BCUT2D eigenvalue weighted by Gasteiger charge is -2.11. The molecule has 1 aromatic rings. The number of rotatable bonds is 12. The Hall–Kier alpha value is -2.69. The van der Waals surface area contributed by atoms with Gasteiger partial charge < -0.3 is 14.6 Å². The van der Waals surface area contributed by atoms with E-state index in [0.29, 0.717) is 9.13 Å². The molecule has 0 aliphatic heterocycles. The summed E-state index contributed by atoms with van der Waals surface area (Å²) in [7, 11) is 0. The lowest BCUT2D eigenvalue weighted by Crippen LogP contribution is -2.49. The number of carbonyl (C=O) groups is 2. The van der Waals surface area contributed by atoms with E-state index in [4.69, 9.17) is 14.6 Å². The Morgan fingerprint density at radius 2 is 1.38 bits per heavy atom. The molecule has 0 aromatic carbocycles. The van der Waals surface area contributed by atoms with Crippen molar-refractivity contribution in [3.63, 3.8) is 0 Å². The van der Waals surface area contributed by atoms with E-state index >= 15 is 0 Å². The minimum absolute atomic E-state index is 0.0127. The molecule has 0 spiro atoms. The van der Waals surface area contributed by atoms with E-state index < -0.39 is 29.0 Å². The Morgan fingerprint density at radius 1 is 0.931 bits per heavy atom. The van der Waals surface area contributed by atoms with Crippen LogP contribution >= 0.6 is 0 Å². The number of hydrogen-bond donors (Lipinski definition) is 2. The Morgan fingerprint density at radius 3 is 1.79 bits per heavy atom. The molecule has 2 atom stereocenters. The molecule has 0 saturated heterocycles. The summed E-state index contributed by atoms with van der Waals surface area (Å²) in [5, 5.41) is 8.90. The van der Waals surface area contributed by atoms with Crippen molar-refractivity contribution in [1.29, 1.82) is 0 Å². The molecule has 2 N–H and O–H groups in total. The average molecular weight is 415 g/mol. The monoisotopic (exact) mass is 415 g/mol. The van der Waals surface area contributed by atoms with Crippen LogP contribution in [0.3, 0.4) is 0 Å². The first-order chi connectivity index (χ1) is 13.7. The van der Waals surface area contributed by atoms with E-state index in [2.05, 4.69) is 0 Å². The lowest BCUT2D eigenvalue weighted by atomic mass is 10.1. The van der Waals surface area contributed by atoms with Crippen molar-refractivity contribution in [1.82, 2.24) is 14.1 Å². The molecular formula is C18H29N3O8. The van der Waals surface area contributed by atoms with E-state index in [1.807, 2.05) is 18.8 Å². The second-order valence-corrected chi connectivity index (χ2v) is 6.99. The van der Waals surface area contributed by atoms with Gasteiger partial charge >= 0.3 is 29.0 Å². The molecule has 11 nitrogen and oxygen atoms in total. The third-order valence-corrected chi connectivity index (χ3v) is 4.31. The number of hydrogen-bond acceptors (Lipinski definition) is 8. The number of esters is 2. The topological polar surface area (TPSA) is 150 Å². The fraction of sp³-hybridized carbons (Fsp3) is 0.722. The van der Waals surface area contributed by atoms with Crippen LogP contribution in [0.25, 0.3) is 0 Å². The lowest BCUT2D eigenvalue weighted by molar-refractivity contribution is -0.146. The highest BCUT2D eigenvalue weighted by Gasteiger charge is 2.14. The summed E-state index contributed by atoms with van der Waals surface area (Å²) in [5.74, 6) is -1.24. The van der Waals surface area contributed by atoms with Gasteiger partial charge in [-0.25, -0.2) is 23.5 Å². The normalized spacial score (nSPS) is 13.0. The molecule has 1 heterocycles. The number of aliphatic hydroxyl groups is 1. The maximum Gasteiger partial charge on any atom is 0.336 e. The Bertz CT molecular complexity index is 789. The third kappa shape index (κ3) is 8.06. The van der Waals surface area contributed by atoms with Crippen LogP contribution in [0.15, 0.2) is 14.4 Å². The maximum absolute atomic E-state index is 12.4. The number of H-pyrrole nitrogens is 1. The Kier molecular flexibility index (Phi) is 10.1. The zero-order valence-electron chi connectivity index (χ0n) is 17.0. The summed E-state index contributed by atoms with van der Waals surface area (Å²) in [6.45, 7) is 5.14. The van der Waals surface area contributed by atoms with Gasteiger partial charge in [-0.2, -0.15) is 0 Å². The fourth-order valence-electron chi connectivity index (χ4n) is 2.13. The van der Waals surface area contributed by atoms with Gasteiger partial charge in [0.05, 0.1) is 26.1 Å². The summed E-state index contributed by atoms with van der Waals surface area (Å²) < 4.78 is 11.4. The van der Waals surface area contributed by atoms with Gasteiger partial charge in [0.25, 0.3) is 0 Å². The molecule has 0 aliphatic carbocycles. The molecule has 2 unspecified atom stereocenters. The van der Waals surface area contributed by atoms with Gasteiger partial charge in [-0.1, -0.05) is 27.2 Å². The molecule has 11 heteroatoms. The highest BCUT2D eigenvalue weighted by molar-refractivity contribution is 5.69. The van der Waals surface area contributed by atoms with Crippen molar-refractivity contribution in [3.8, 4) is 0 Å². The van der Waals surface area contributed by atoms with Gasteiger partial charge in [-0.3, -0.25) is 14.6 Å². The van der Waals surface area contributed by atoms with Crippen molar-refractivity contribution >= 4 is 11.9 Å². The summed E-state index contributed by atoms with van der Waals surface area (Å²) >= 11 is 0. The van der Waals surface area contributed by atoms with Crippen LogP contribution in [0.5, 0.6) is 0 Å². The van der Waals surface area contributed by atoms with E-state index in [-0.39, 0.29) is 57.6 Å². The van der Waals surface area contributed by atoms with E-state index in [1.54, 1.807) is 6.92 Å². The van der Waals surface area contributed by atoms with Crippen molar-refractivity contribution in [2.24, 2.45) is 11.8 Å². The molecule has 0 fully saturated rings. The van der Waals surface area contributed by atoms with E-state index in [9.17, 15) is 24.0 Å². The molecule has 0 saturated carbocycles. The number of ether oxygens (including phenoxy) is 2. The minimum Gasteiger partial charge on any atom is -0.465 e. The molecule has 0 radical (unpaired) electrons. The second kappa shape index (κ2) is 12.0. The van der Waals surface area contributed by atoms with Gasteiger partial charge in [0.1, 0.15) is 0 Å². The van der Waals surface area contributed by atoms with Gasteiger partial charge in [0, 0.05) is 25.6 Å². The van der Waals surface area contributed by atoms with Crippen LogP contribution in [0.2, 0.25) is 0 Å². The summed E-state index contributed by atoms with van der Waals surface area (Å²) in [4.78, 5) is 61.7. The van der Waals surface area contributed by atoms with Crippen molar-refractivity contribution in [3.05, 3.63) is 31.5 Å². The van der Waals surface area contributed by atoms with Crippen LogP contribution in [0.4, 0.5) is 0 Å². The molecule has 1 aromatic heterocycles. The summed E-state index contributed by atoms with van der Waals surface area (Å²) in [6, 6.07) is 0. The number of nitrogens with one attached hydrogen (secondary N) is 1. The number of nitrogens with zero attached hydrogens (tertiary/aromatic N) is 2. The first-order valence-corrected chi connectivity index (χ1v) is 9.55. The smallest absolute Gasteiger partial charge is 0.336 e. The highest BCUT2D eigenvalue weighted by Crippen LogP contribution is 2.02. The first-order valence-electron chi connectivity index (χ1n) is 9.55. The number of aromatic amines is 1. The first kappa shape index (κ1) is 24.3. The number of carbonyl (C=O) groups excluding carboxylic acids is 2. The molecular weight excluding hydrogens is 386 g/mol. The molecule has 0 amide bonds. The zero-order chi connectivity index (χ0) is 22.0. The van der Waals surface area contributed by atoms with Crippen molar-refractivity contribution in [2.45, 2.75) is 53.1 Å². The van der Waals surface area contributed by atoms with Gasteiger partial charge in [0.15, 0.2) is 0 Å². The Balaban J connectivity index is 2.76.